The second-order valence-corrected chi connectivity index (χ2v) is 9.98. The summed E-state index contributed by atoms with van der Waals surface area (Å²) in [6.07, 6.45) is 12.3. The molecule has 2 saturated carbocycles. The van der Waals surface area contributed by atoms with Crippen molar-refractivity contribution in [3.05, 3.63) is 48.0 Å². The SMILES string of the molecule is C[C@@H]1CC[C@@H](C(C)(C)c2ccccc2)[C@H](OC(=O)/C=C/CCCC2CCCC2=O)C1. The summed E-state index contributed by atoms with van der Waals surface area (Å²) in [5.41, 5.74) is 1.27. The molecule has 2 aliphatic carbocycles. The summed E-state index contributed by atoms with van der Waals surface area (Å²) < 4.78 is 6.00. The molecule has 164 valence electrons. The molecule has 1 aromatic carbocycles. The Morgan fingerprint density at radius 1 is 1.17 bits per heavy atom. The molecule has 3 nitrogen and oxygen atoms in total. The molecular weight excluding hydrogens is 372 g/mol. The molecule has 0 bridgehead atoms. The van der Waals surface area contributed by atoms with Gasteiger partial charge in [-0.25, -0.2) is 4.79 Å². The van der Waals surface area contributed by atoms with Gasteiger partial charge in [0.1, 0.15) is 11.9 Å². The number of esters is 1. The first-order valence-corrected chi connectivity index (χ1v) is 11.8. The quantitative estimate of drug-likeness (QED) is 0.283. The first-order chi connectivity index (χ1) is 14.4. The number of benzene rings is 1. The number of allylic oxidation sites excluding steroid dienone is 1. The molecule has 2 fully saturated rings. The van der Waals surface area contributed by atoms with Gasteiger partial charge in [-0.1, -0.05) is 63.6 Å². The minimum absolute atomic E-state index is 0.0378. The van der Waals surface area contributed by atoms with E-state index in [0.29, 0.717) is 17.6 Å². The fourth-order valence-corrected chi connectivity index (χ4v) is 5.41. The van der Waals surface area contributed by atoms with Gasteiger partial charge < -0.3 is 4.74 Å². The molecule has 0 saturated heterocycles. The van der Waals surface area contributed by atoms with E-state index in [1.54, 1.807) is 6.08 Å². The minimum atomic E-state index is -0.222. The van der Waals surface area contributed by atoms with E-state index in [2.05, 4.69) is 45.0 Å². The molecule has 1 aromatic rings. The highest BCUT2D eigenvalue weighted by Gasteiger charge is 2.41. The first kappa shape index (κ1) is 22.8. The Morgan fingerprint density at radius 3 is 2.63 bits per heavy atom. The Labute approximate surface area is 182 Å². The fraction of sp³-hybridized carbons (Fsp3) is 0.630. The summed E-state index contributed by atoms with van der Waals surface area (Å²) in [5.74, 6) is 1.37. The predicted octanol–water partition coefficient (Wildman–Crippen LogP) is 6.41. The van der Waals surface area contributed by atoms with E-state index >= 15 is 0 Å². The topological polar surface area (TPSA) is 43.4 Å². The van der Waals surface area contributed by atoms with Gasteiger partial charge in [-0.3, -0.25) is 4.79 Å². The molecule has 3 rings (SSSR count). The number of ketones is 1. The van der Waals surface area contributed by atoms with Crippen molar-refractivity contribution >= 4 is 11.8 Å². The summed E-state index contributed by atoms with van der Waals surface area (Å²) in [6, 6.07) is 10.6. The van der Waals surface area contributed by atoms with Crippen LogP contribution >= 0.6 is 0 Å². The predicted molar refractivity (Wildman–Crippen MR) is 121 cm³/mol. The lowest BCUT2D eigenvalue weighted by molar-refractivity contribution is -0.150. The van der Waals surface area contributed by atoms with Crippen molar-refractivity contribution in [1.82, 2.24) is 0 Å². The maximum atomic E-state index is 12.5. The van der Waals surface area contributed by atoms with Gasteiger partial charge in [-0.2, -0.15) is 0 Å². The van der Waals surface area contributed by atoms with Crippen molar-refractivity contribution in [3.63, 3.8) is 0 Å². The van der Waals surface area contributed by atoms with Gasteiger partial charge in [0.15, 0.2) is 0 Å². The highest BCUT2D eigenvalue weighted by Crippen LogP contribution is 2.43. The van der Waals surface area contributed by atoms with Gasteiger partial charge in [0.05, 0.1) is 0 Å². The van der Waals surface area contributed by atoms with E-state index < -0.39 is 0 Å². The molecule has 3 heteroatoms. The van der Waals surface area contributed by atoms with Crippen LogP contribution in [0.15, 0.2) is 42.5 Å². The number of carbonyl (C=O) groups excluding carboxylic acids is 2. The number of ether oxygens (including phenoxy) is 1. The zero-order valence-electron chi connectivity index (χ0n) is 18.9. The van der Waals surface area contributed by atoms with Crippen LogP contribution in [0.5, 0.6) is 0 Å². The second-order valence-electron chi connectivity index (χ2n) is 9.98. The second kappa shape index (κ2) is 10.4. The molecule has 0 N–H and O–H groups in total. The van der Waals surface area contributed by atoms with Crippen molar-refractivity contribution in [3.8, 4) is 0 Å². The standard InChI is InChI=1S/C27H38O3/c1-20-17-18-23(27(2,3)22-13-7-5-8-14-22)25(19-20)30-26(29)16-9-4-6-11-21-12-10-15-24(21)28/h5,7-9,13-14,16,20-21,23,25H,4,6,10-12,15,17-19H2,1-3H3/b16-9+/t20-,21?,23-,25-/m1/s1. The fourth-order valence-electron chi connectivity index (χ4n) is 5.41. The van der Waals surface area contributed by atoms with Crippen molar-refractivity contribution in [1.29, 1.82) is 0 Å². The highest BCUT2D eigenvalue weighted by atomic mass is 16.5. The van der Waals surface area contributed by atoms with E-state index in [1.807, 2.05) is 12.1 Å². The van der Waals surface area contributed by atoms with Crippen LogP contribution < -0.4 is 0 Å². The summed E-state index contributed by atoms with van der Waals surface area (Å²) in [7, 11) is 0. The number of hydrogen-bond donors (Lipinski definition) is 0. The van der Waals surface area contributed by atoms with E-state index in [-0.39, 0.29) is 23.4 Å². The normalized spacial score (nSPS) is 27.5. The van der Waals surface area contributed by atoms with E-state index in [9.17, 15) is 9.59 Å². The van der Waals surface area contributed by atoms with Crippen LogP contribution in [0.2, 0.25) is 0 Å². The third-order valence-electron chi connectivity index (χ3n) is 7.37. The average Bonchev–Trinajstić information content (AvgIpc) is 3.13. The molecule has 0 amide bonds. The highest BCUT2D eigenvalue weighted by molar-refractivity contribution is 5.83. The Bertz CT molecular complexity index is 734. The van der Waals surface area contributed by atoms with Crippen LogP contribution in [0.25, 0.3) is 0 Å². The first-order valence-electron chi connectivity index (χ1n) is 11.8. The lowest BCUT2D eigenvalue weighted by atomic mass is 9.64. The molecule has 1 unspecified atom stereocenters. The van der Waals surface area contributed by atoms with Crippen molar-refractivity contribution in [2.24, 2.45) is 17.8 Å². The van der Waals surface area contributed by atoms with Gasteiger partial charge in [0.25, 0.3) is 0 Å². The maximum Gasteiger partial charge on any atom is 0.330 e. The molecule has 30 heavy (non-hydrogen) atoms. The molecule has 0 heterocycles. The number of carbonyl (C=O) groups is 2. The minimum Gasteiger partial charge on any atom is -0.459 e. The third-order valence-corrected chi connectivity index (χ3v) is 7.37. The molecule has 0 aliphatic heterocycles. The van der Waals surface area contributed by atoms with Gasteiger partial charge in [-0.15, -0.1) is 0 Å². The lowest BCUT2D eigenvalue weighted by Crippen LogP contribution is -2.43. The third kappa shape index (κ3) is 5.83. The zero-order valence-corrected chi connectivity index (χ0v) is 18.9. The smallest absolute Gasteiger partial charge is 0.330 e. The Balaban J connectivity index is 1.54. The van der Waals surface area contributed by atoms with E-state index in [0.717, 1.165) is 51.4 Å². The number of Topliss-reactive ketones (excluding diaryl/α,β-unsaturated/α-hetero) is 1. The lowest BCUT2D eigenvalue weighted by Gasteiger charge is -2.43. The summed E-state index contributed by atoms with van der Waals surface area (Å²) in [6.45, 7) is 6.82. The van der Waals surface area contributed by atoms with Gasteiger partial charge in [0.2, 0.25) is 0 Å². The number of hydrogen-bond acceptors (Lipinski definition) is 3. The summed E-state index contributed by atoms with van der Waals surface area (Å²) >= 11 is 0. The van der Waals surface area contributed by atoms with E-state index in [4.69, 9.17) is 4.74 Å². The van der Waals surface area contributed by atoms with Crippen molar-refractivity contribution < 1.29 is 14.3 Å². The molecule has 0 aromatic heterocycles. The van der Waals surface area contributed by atoms with Crippen LogP contribution in [0.3, 0.4) is 0 Å². The Morgan fingerprint density at radius 2 is 1.93 bits per heavy atom. The Kier molecular flexibility index (Phi) is 7.91. The van der Waals surface area contributed by atoms with Crippen LogP contribution in [-0.2, 0) is 19.7 Å². The van der Waals surface area contributed by atoms with Crippen LogP contribution in [-0.4, -0.2) is 17.9 Å². The van der Waals surface area contributed by atoms with E-state index in [1.165, 1.54) is 12.0 Å². The summed E-state index contributed by atoms with van der Waals surface area (Å²) in [4.78, 5) is 24.3. The molecule has 0 spiro atoms. The van der Waals surface area contributed by atoms with Gasteiger partial charge >= 0.3 is 5.97 Å². The number of rotatable bonds is 8. The maximum absolute atomic E-state index is 12.5. The van der Waals surface area contributed by atoms with Crippen molar-refractivity contribution in [2.75, 3.05) is 0 Å². The van der Waals surface area contributed by atoms with Crippen molar-refractivity contribution in [2.45, 2.75) is 90.1 Å². The molecule has 2 aliphatic rings. The molecule has 4 atom stereocenters. The van der Waals surface area contributed by atoms with Crippen LogP contribution in [0.1, 0.15) is 84.1 Å². The number of unbranched alkanes of at least 4 members (excludes halogenated alkanes) is 1. The largest absolute Gasteiger partial charge is 0.459 e. The van der Waals surface area contributed by atoms with Crippen LogP contribution in [0.4, 0.5) is 0 Å². The monoisotopic (exact) mass is 410 g/mol. The molecular formula is C27H38O3. The van der Waals surface area contributed by atoms with Gasteiger partial charge in [0, 0.05) is 24.3 Å². The van der Waals surface area contributed by atoms with Gasteiger partial charge in [-0.05, 0) is 61.8 Å². The molecule has 0 radical (unpaired) electrons. The summed E-state index contributed by atoms with van der Waals surface area (Å²) in [5, 5.41) is 0. The zero-order chi connectivity index (χ0) is 21.6. The van der Waals surface area contributed by atoms with Crippen LogP contribution in [0, 0.1) is 17.8 Å². The average molecular weight is 411 g/mol. The Hall–Kier alpha value is -1.90.